The number of hydrogen-bond donors (Lipinski definition) is 3. The molecule has 0 spiro atoms. The number of carbonyl (C=O) groups is 1. The molecule has 0 saturated carbocycles. The van der Waals surface area contributed by atoms with E-state index in [4.69, 9.17) is 16.7 Å². The van der Waals surface area contributed by atoms with Gasteiger partial charge in [0.25, 0.3) is 0 Å². The quantitative estimate of drug-likeness (QED) is 0.226. The summed E-state index contributed by atoms with van der Waals surface area (Å²) in [5.41, 5.74) is 0.834. The molecule has 0 aliphatic rings. The van der Waals surface area contributed by atoms with Crippen LogP contribution in [0.3, 0.4) is 0 Å². The topological polar surface area (TPSA) is 73.3 Å². The number of carboxylic acids is 1. The zero-order chi connectivity index (χ0) is 22.2. The van der Waals surface area contributed by atoms with Crippen LogP contribution >= 0.6 is 27.5 Å². The first-order valence-electron chi connectivity index (χ1n) is 11.3. The molecular formula is C24H37BrClNO3. The fourth-order valence-corrected chi connectivity index (χ4v) is 3.90. The van der Waals surface area contributed by atoms with Gasteiger partial charge in [0, 0.05) is 22.5 Å². The number of H-pyrrole nitrogens is 1. The van der Waals surface area contributed by atoms with Crippen molar-refractivity contribution in [1.82, 2.24) is 4.98 Å². The summed E-state index contributed by atoms with van der Waals surface area (Å²) in [5.74, 6) is -0.416. The van der Waals surface area contributed by atoms with Crippen LogP contribution in [0, 0.1) is 0 Å². The number of benzene rings is 1. The van der Waals surface area contributed by atoms with Crippen molar-refractivity contribution in [1.29, 1.82) is 0 Å². The van der Waals surface area contributed by atoms with E-state index < -0.39 is 5.97 Å². The van der Waals surface area contributed by atoms with Gasteiger partial charge in [-0.05, 0) is 34.5 Å². The number of fused-ring (bicyclic) bond motifs is 1. The average Bonchev–Trinajstić information content (AvgIpc) is 3.06. The standard InChI is InChI=1S/C16H32O2.C8H5BrClNO/c1-2-3-4-5-6-7-8-9-10-11-12-13-14-15-16(17)18;9-5-1-4-7(2-6(5)10)11-3-8(4)12/h2-15H2,1H3,(H,17,18);1-3,11-12H. The Morgan fingerprint density at radius 1 is 0.933 bits per heavy atom. The Bertz CT molecular complexity index is 733. The molecular weight excluding hydrogens is 466 g/mol. The zero-order valence-electron chi connectivity index (χ0n) is 18.2. The first-order valence-corrected chi connectivity index (χ1v) is 12.5. The number of carboxylic acid groups (broad SMARTS) is 1. The molecule has 0 aliphatic heterocycles. The molecule has 0 bridgehead atoms. The Balaban J connectivity index is 0.000000321. The molecule has 1 aromatic heterocycles. The minimum absolute atomic E-state index is 0.238. The van der Waals surface area contributed by atoms with E-state index in [1.54, 1.807) is 12.1 Å². The van der Waals surface area contributed by atoms with Gasteiger partial charge in [0.15, 0.2) is 0 Å². The van der Waals surface area contributed by atoms with Crippen LogP contribution in [0.15, 0.2) is 22.8 Å². The van der Waals surface area contributed by atoms with E-state index in [0.29, 0.717) is 11.4 Å². The fraction of sp³-hybridized carbons (Fsp3) is 0.625. The van der Waals surface area contributed by atoms with E-state index in [1.165, 1.54) is 76.8 Å². The highest BCUT2D eigenvalue weighted by Crippen LogP contribution is 2.32. The first-order chi connectivity index (χ1) is 14.5. The number of aromatic amines is 1. The maximum atomic E-state index is 10.3. The molecule has 1 aromatic carbocycles. The second kappa shape index (κ2) is 16.5. The number of unbranched alkanes of at least 4 members (excludes halogenated alkanes) is 12. The molecule has 0 amide bonds. The van der Waals surface area contributed by atoms with Crippen molar-refractivity contribution in [3.05, 3.63) is 27.8 Å². The van der Waals surface area contributed by atoms with Crippen molar-refractivity contribution in [2.45, 2.75) is 96.8 Å². The van der Waals surface area contributed by atoms with E-state index in [2.05, 4.69) is 27.8 Å². The highest BCUT2D eigenvalue weighted by molar-refractivity contribution is 9.10. The third-order valence-electron chi connectivity index (χ3n) is 5.19. The second-order valence-electron chi connectivity index (χ2n) is 7.87. The molecule has 1 heterocycles. The van der Waals surface area contributed by atoms with Gasteiger partial charge in [-0.15, -0.1) is 0 Å². The molecule has 3 N–H and O–H groups in total. The number of halogens is 2. The zero-order valence-corrected chi connectivity index (χ0v) is 20.5. The molecule has 4 nitrogen and oxygen atoms in total. The predicted molar refractivity (Wildman–Crippen MR) is 131 cm³/mol. The summed E-state index contributed by atoms with van der Waals surface area (Å²) in [6, 6.07) is 3.55. The van der Waals surface area contributed by atoms with Crippen LogP contribution in [-0.4, -0.2) is 21.2 Å². The fourth-order valence-electron chi connectivity index (χ4n) is 3.40. The van der Waals surface area contributed by atoms with Crippen LogP contribution < -0.4 is 0 Å². The Hall–Kier alpha value is -1.20. The van der Waals surface area contributed by atoms with Gasteiger partial charge in [-0.25, -0.2) is 0 Å². The molecule has 30 heavy (non-hydrogen) atoms. The summed E-state index contributed by atoms with van der Waals surface area (Å²) < 4.78 is 0.784. The van der Waals surface area contributed by atoms with Gasteiger partial charge in [-0.3, -0.25) is 4.79 Å². The van der Waals surface area contributed by atoms with Crippen LogP contribution in [-0.2, 0) is 4.79 Å². The average molecular weight is 503 g/mol. The molecule has 2 aromatic rings. The lowest BCUT2D eigenvalue weighted by Gasteiger charge is -2.02. The molecule has 170 valence electrons. The highest BCUT2D eigenvalue weighted by atomic mass is 79.9. The van der Waals surface area contributed by atoms with Crippen molar-refractivity contribution < 1.29 is 15.0 Å². The van der Waals surface area contributed by atoms with E-state index in [9.17, 15) is 9.90 Å². The van der Waals surface area contributed by atoms with Crippen LogP contribution in [0.2, 0.25) is 5.02 Å². The maximum Gasteiger partial charge on any atom is 0.303 e. The molecule has 0 saturated heterocycles. The van der Waals surface area contributed by atoms with Crippen molar-refractivity contribution >= 4 is 44.4 Å². The normalized spacial score (nSPS) is 10.8. The third kappa shape index (κ3) is 11.8. The van der Waals surface area contributed by atoms with Gasteiger partial charge in [0.05, 0.1) is 10.5 Å². The number of aromatic nitrogens is 1. The van der Waals surface area contributed by atoms with E-state index >= 15 is 0 Å². The predicted octanol–water partition coefficient (Wildman–Crippen LogP) is 8.84. The summed E-state index contributed by atoms with van der Waals surface area (Å²) in [6.45, 7) is 2.26. The minimum atomic E-state index is -0.655. The second-order valence-corrected chi connectivity index (χ2v) is 9.13. The third-order valence-corrected chi connectivity index (χ3v) is 6.39. The first kappa shape index (κ1) is 26.8. The van der Waals surface area contributed by atoms with Crippen molar-refractivity contribution in [2.24, 2.45) is 0 Å². The van der Waals surface area contributed by atoms with Gasteiger partial charge >= 0.3 is 5.97 Å². The summed E-state index contributed by atoms with van der Waals surface area (Å²) >= 11 is 9.13. The molecule has 0 radical (unpaired) electrons. The molecule has 6 heteroatoms. The number of aromatic hydroxyl groups is 1. The number of rotatable bonds is 14. The van der Waals surface area contributed by atoms with Gasteiger partial charge < -0.3 is 15.2 Å². The highest BCUT2D eigenvalue weighted by Gasteiger charge is 2.05. The molecule has 0 unspecified atom stereocenters. The summed E-state index contributed by atoms with van der Waals surface area (Å²) in [4.78, 5) is 13.2. The van der Waals surface area contributed by atoms with Crippen LogP contribution in [0.1, 0.15) is 96.8 Å². The lowest BCUT2D eigenvalue weighted by molar-refractivity contribution is -0.137. The number of hydrogen-bond acceptors (Lipinski definition) is 2. The smallest absolute Gasteiger partial charge is 0.303 e. The SMILES string of the molecule is CCCCCCCCCCCCCCCC(=O)O.Oc1c[nH]c2cc(Cl)c(Br)cc12. The van der Waals surface area contributed by atoms with E-state index in [0.717, 1.165) is 28.2 Å². The Morgan fingerprint density at radius 2 is 1.43 bits per heavy atom. The Kier molecular flexibility index (Phi) is 14.7. The summed E-state index contributed by atoms with van der Waals surface area (Å²) in [7, 11) is 0. The molecule has 0 fully saturated rings. The largest absolute Gasteiger partial charge is 0.506 e. The molecule has 2 rings (SSSR count). The summed E-state index contributed by atoms with van der Waals surface area (Å²) in [6.07, 6.45) is 18.8. The Labute approximate surface area is 194 Å². The van der Waals surface area contributed by atoms with Crippen LogP contribution in [0.25, 0.3) is 10.9 Å². The van der Waals surface area contributed by atoms with Gasteiger partial charge in [0.1, 0.15) is 5.75 Å². The van der Waals surface area contributed by atoms with Gasteiger partial charge in [-0.1, -0.05) is 95.6 Å². The van der Waals surface area contributed by atoms with Crippen LogP contribution in [0.4, 0.5) is 0 Å². The van der Waals surface area contributed by atoms with E-state index in [1.807, 2.05) is 0 Å². The molecule has 0 atom stereocenters. The lowest BCUT2D eigenvalue weighted by atomic mass is 10.0. The number of nitrogens with one attached hydrogen (secondary N) is 1. The Morgan fingerprint density at radius 3 is 1.93 bits per heavy atom. The summed E-state index contributed by atoms with van der Waals surface area (Å²) in [5, 5.41) is 19.2. The van der Waals surface area contributed by atoms with Crippen molar-refractivity contribution in [3.63, 3.8) is 0 Å². The minimum Gasteiger partial charge on any atom is -0.506 e. The lowest BCUT2D eigenvalue weighted by Crippen LogP contribution is -1.93. The monoisotopic (exact) mass is 501 g/mol. The number of aliphatic carboxylic acids is 1. The molecule has 0 aliphatic carbocycles. The van der Waals surface area contributed by atoms with Crippen LogP contribution in [0.5, 0.6) is 5.75 Å². The maximum absolute atomic E-state index is 10.3. The van der Waals surface area contributed by atoms with Gasteiger partial charge in [-0.2, -0.15) is 0 Å². The van der Waals surface area contributed by atoms with Crippen molar-refractivity contribution in [3.8, 4) is 5.75 Å². The van der Waals surface area contributed by atoms with Gasteiger partial charge in [0.2, 0.25) is 0 Å². The van der Waals surface area contributed by atoms with E-state index in [-0.39, 0.29) is 5.75 Å². The van der Waals surface area contributed by atoms with Crippen molar-refractivity contribution in [2.75, 3.05) is 0 Å².